The second kappa shape index (κ2) is 7.69. The van der Waals surface area contributed by atoms with Gasteiger partial charge in [-0.1, -0.05) is 12.1 Å². The highest BCUT2D eigenvalue weighted by Crippen LogP contribution is 2.29. The summed E-state index contributed by atoms with van der Waals surface area (Å²) in [5.41, 5.74) is -0.455. The lowest BCUT2D eigenvalue weighted by Crippen LogP contribution is -2.29. The van der Waals surface area contributed by atoms with Crippen molar-refractivity contribution in [2.24, 2.45) is 0 Å². The molecule has 0 radical (unpaired) electrons. The Morgan fingerprint density at radius 1 is 0.960 bits per heavy atom. The molecule has 132 valence electrons. The molecule has 2 rings (SSSR count). The van der Waals surface area contributed by atoms with E-state index in [0.29, 0.717) is 18.0 Å². The Hall–Kier alpha value is -3.03. The van der Waals surface area contributed by atoms with Gasteiger partial charge >= 0.3 is 18.0 Å². The summed E-state index contributed by atoms with van der Waals surface area (Å²) in [5.74, 6) is -1.57. The smallest absolute Gasteiger partial charge is 0.416 e. The predicted octanol–water partition coefficient (Wildman–Crippen LogP) is 3.68. The number of benzene rings is 2. The maximum absolute atomic E-state index is 12.5. The van der Waals surface area contributed by atoms with Gasteiger partial charge in [-0.25, -0.2) is 0 Å². The predicted molar refractivity (Wildman–Crippen MR) is 86.3 cm³/mol. The second-order valence-corrected chi connectivity index (χ2v) is 4.91. The number of carbonyl (C=O) groups excluding carboxylic acids is 2. The van der Waals surface area contributed by atoms with Crippen LogP contribution in [0.5, 0.6) is 5.75 Å². The molecule has 8 heteroatoms. The van der Waals surface area contributed by atoms with Crippen molar-refractivity contribution in [3.8, 4) is 5.75 Å². The minimum atomic E-state index is -4.47. The maximum Gasteiger partial charge on any atom is 0.416 e. The molecule has 0 atom stereocenters. The Bertz CT molecular complexity index is 758. The van der Waals surface area contributed by atoms with Crippen LogP contribution >= 0.6 is 0 Å². The first-order valence-corrected chi connectivity index (χ1v) is 7.32. The van der Waals surface area contributed by atoms with E-state index >= 15 is 0 Å². The molecule has 0 heterocycles. The second-order valence-electron chi connectivity index (χ2n) is 4.91. The third-order valence-corrected chi connectivity index (χ3v) is 3.11. The molecular weight excluding hydrogens is 337 g/mol. The summed E-state index contributed by atoms with van der Waals surface area (Å²) < 4.78 is 42.8. The van der Waals surface area contributed by atoms with Gasteiger partial charge in [0.2, 0.25) is 0 Å². The number of para-hydroxylation sites is 2. The molecule has 0 saturated carbocycles. The molecule has 0 aromatic heterocycles. The zero-order valence-electron chi connectivity index (χ0n) is 13.2. The van der Waals surface area contributed by atoms with Crippen molar-refractivity contribution < 1.29 is 27.5 Å². The zero-order chi connectivity index (χ0) is 18.4. The summed E-state index contributed by atoms with van der Waals surface area (Å²) in [5, 5.41) is 4.63. The first kappa shape index (κ1) is 18.3. The van der Waals surface area contributed by atoms with Crippen molar-refractivity contribution in [2.75, 3.05) is 17.2 Å². The first-order valence-electron chi connectivity index (χ1n) is 7.32. The normalized spacial score (nSPS) is 10.9. The van der Waals surface area contributed by atoms with Crippen LogP contribution in [-0.4, -0.2) is 18.4 Å². The number of ether oxygens (including phenoxy) is 1. The summed E-state index contributed by atoms with van der Waals surface area (Å²) in [4.78, 5) is 23.8. The summed E-state index contributed by atoms with van der Waals surface area (Å²) in [6.07, 6.45) is -4.47. The van der Waals surface area contributed by atoms with Gasteiger partial charge in [0.1, 0.15) is 5.75 Å². The van der Waals surface area contributed by atoms with E-state index in [0.717, 1.165) is 24.3 Å². The molecule has 0 unspecified atom stereocenters. The Balaban J connectivity index is 2.02. The van der Waals surface area contributed by atoms with E-state index < -0.39 is 23.6 Å². The average molecular weight is 352 g/mol. The fourth-order valence-corrected chi connectivity index (χ4v) is 1.96. The molecule has 2 aromatic carbocycles. The SMILES string of the molecule is CCOc1ccccc1NC(=O)C(=O)Nc1ccc(C(F)(F)F)cc1. The van der Waals surface area contributed by atoms with E-state index in [4.69, 9.17) is 4.74 Å². The molecule has 0 bridgehead atoms. The van der Waals surface area contributed by atoms with Crippen LogP contribution in [0.25, 0.3) is 0 Å². The van der Waals surface area contributed by atoms with Crippen molar-refractivity contribution in [1.82, 2.24) is 0 Å². The molecule has 0 aliphatic rings. The molecule has 0 saturated heterocycles. The van der Waals surface area contributed by atoms with Gasteiger partial charge in [0, 0.05) is 5.69 Å². The standard InChI is InChI=1S/C17H15F3N2O3/c1-2-25-14-6-4-3-5-13(14)22-16(24)15(23)21-12-9-7-11(8-10-12)17(18,19)20/h3-10H,2H2,1H3,(H,21,23)(H,22,24). The molecule has 2 N–H and O–H groups in total. The number of halogens is 3. The molecule has 0 fully saturated rings. The number of anilines is 2. The molecule has 0 spiro atoms. The molecule has 2 aromatic rings. The number of carbonyl (C=O) groups is 2. The van der Waals surface area contributed by atoms with Crippen molar-refractivity contribution >= 4 is 23.2 Å². The first-order chi connectivity index (χ1) is 11.8. The number of nitrogens with one attached hydrogen (secondary N) is 2. The van der Waals surface area contributed by atoms with Crippen LogP contribution in [0.1, 0.15) is 12.5 Å². The zero-order valence-corrected chi connectivity index (χ0v) is 13.2. The van der Waals surface area contributed by atoms with Crippen molar-refractivity contribution in [3.63, 3.8) is 0 Å². The van der Waals surface area contributed by atoms with Crippen LogP contribution < -0.4 is 15.4 Å². The summed E-state index contributed by atoms with van der Waals surface area (Å²) in [7, 11) is 0. The van der Waals surface area contributed by atoms with Gasteiger partial charge in [-0.15, -0.1) is 0 Å². The number of rotatable bonds is 4. The van der Waals surface area contributed by atoms with Gasteiger partial charge < -0.3 is 15.4 Å². The lowest BCUT2D eigenvalue weighted by atomic mass is 10.2. The van der Waals surface area contributed by atoms with Gasteiger partial charge in [0.15, 0.2) is 0 Å². The van der Waals surface area contributed by atoms with Crippen LogP contribution in [0.3, 0.4) is 0 Å². The van der Waals surface area contributed by atoms with E-state index in [2.05, 4.69) is 10.6 Å². The van der Waals surface area contributed by atoms with Crippen LogP contribution in [-0.2, 0) is 15.8 Å². The van der Waals surface area contributed by atoms with Crippen molar-refractivity contribution in [2.45, 2.75) is 13.1 Å². The lowest BCUT2D eigenvalue weighted by Gasteiger charge is -2.11. The fraction of sp³-hybridized carbons (Fsp3) is 0.176. The summed E-state index contributed by atoms with van der Waals surface area (Å²) in [6, 6.07) is 10.3. The summed E-state index contributed by atoms with van der Waals surface area (Å²) in [6.45, 7) is 2.15. The van der Waals surface area contributed by atoms with E-state index in [1.54, 1.807) is 31.2 Å². The van der Waals surface area contributed by atoms with Gasteiger partial charge in [-0.05, 0) is 43.3 Å². The molecule has 0 aliphatic carbocycles. The van der Waals surface area contributed by atoms with Gasteiger partial charge in [-0.3, -0.25) is 9.59 Å². The monoisotopic (exact) mass is 352 g/mol. The Labute approximate surface area is 141 Å². The molecule has 2 amide bonds. The van der Waals surface area contributed by atoms with Gasteiger partial charge in [-0.2, -0.15) is 13.2 Å². The minimum absolute atomic E-state index is 0.0752. The molecule has 0 aliphatic heterocycles. The largest absolute Gasteiger partial charge is 0.492 e. The summed E-state index contributed by atoms with van der Waals surface area (Å²) >= 11 is 0. The third-order valence-electron chi connectivity index (χ3n) is 3.11. The lowest BCUT2D eigenvalue weighted by molar-refractivity contribution is -0.137. The van der Waals surface area contributed by atoms with Crippen LogP contribution in [0.4, 0.5) is 24.5 Å². The molecular formula is C17H15F3N2O3. The van der Waals surface area contributed by atoms with Gasteiger partial charge in [0.25, 0.3) is 0 Å². The van der Waals surface area contributed by atoms with Crippen molar-refractivity contribution in [1.29, 1.82) is 0 Å². The topological polar surface area (TPSA) is 67.4 Å². The fourth-order valence-electron chi connectivity index (χ4n) is 1.96. The minimum Gasteiger partial charge on any atom is -0.492 e. The Morgan fingerprint density at radius 2 is 1.56 bits per heavy atom. The van der Waals surface area contributed by atoms with Crippen LogP contribution in [0, 0.1) is 0 Å². The number of hydrogen-bond acceptors (Lipinski definition) is 3. The quantitative estimate of drug-likeness (QED) is 0.825. The molecule has 5 nitrogen and oxygen atoms in total. The van der Waals surface area contributed by atoms with Crippen LogP contribution in [0.2, 0.25) is 0 Å². The number of hydrogen-bond donors (Lipinski definition) is 2. The van der Waals surface area contributed by atoms with E-state index in [9.17, 15) is 22.8 Å². The van der Waals surface area contributed by atoms with Gasteiger partial charge in [0.05, 0.1) is 17.9 Å². The van der Waals surface area contributed by atoms with E-state index in [1.165, 1.54) is 0 Å². The number of amides is 2. The molecule has 25 heavy (non-hydrogen) atoms. The average Bonchev–Trinajstić information content (AvgIpc) is 2.56. The highest BCUT2D eigenvalue weighted by molar-refractivity contribution is 6.43. The maximum atomic E-state index is 12.5. The Kier molecular flexibility index (Phi) is 5.63. The van der Waals surface area contributed by atoms with E-state index in [1.807, 2.05) is 0 Å². The van der Waals surface area contributed by atoms with Crippen molar-refractivity contribution in [3.05, 3.63) is 54.1 Å². The van der Waals surface area contributed by atoms with E-state index in [-0.39, 0.29) is 5.69 Å². The number of alkyl halides is 3. The third kappa shape index (κ3) is 4.97. The Morgan fingerprint density at radius 3 is 2.16 bits per heavy atom. The highest BCUT2D eigenvalue weighted by Gasteiger charge is 2.30. The van der Waals surface area contributed by atoms with Crippen LogP contribution in [0.15, 0.2) is 48.5 Å². The highest BCUT2D eigenvalue weighted by atomic mass is 19.4.